The molecule has 1 aromatic rings. The zero-order chi connectivity index (χ0) is 13.7. The molecule has 0 N–H and O–H groups in total. The highest BCUT2D eigenvalue weighted by Gasteiger charge is 2.22. The van der Waals surface area contributed by atoms with Gasteiger partial charge in [-0.2, -0.15) is 0 Å². The molecule has 106 valence electrons. The van der Waals surface area contributed by atoms with E-state index in [0.29, 0.717) is 27.8 Å². The van der Waals surface area contributed by atoms with Crippen molar-refractivity contribution < 1.29 is 4.39 Å². The van der Waals surface area contributed by atoms with Gasteiger partial charge >= 0.3 is 0 Å². The van der Waals surface area contributed by atoms with Gasteiger partial charge in [0.05, 0.1) is 0 Å². The molecule has 1 fully saturated rings. The highest BCUT2D eigenvalue weighted by Crippen LogP contribution is 2.32. The molecule has 0 nitrogen and oxygen atoms in total. The maximum Gasteiger partial charge on any atom is 0.127 e. The lowest BCUT2D eigenvalue weighted by Crippen LogP contribution is -2.19. The standard InChI is InChI=1S/C16H21BrClF/c17-14(12-7-4-2-1-3-5-8-12)11-13-15(18)9-6-10-16(13)19/h6,9-10,12,14H,1-5,7-8,11H2. The molecule has 0 radical (unpaired) electrons. The summed E-state index contributed by atoms with van der Waals surface area (Å²) < 4.78 is 13.8. The van der Waals surface area contributed by atoms with Gasteiger partial charge in [0.25, 0.3) is 0 Å². The molecule has 2 rings (SSSR count). The molecule has 0 aliphatic heterocycles. The van der Waals surface area contributed by atoms with Crippen LogP contribution in [0.25, 0.3) is 0 Å². The number of hydrogen-bond donors (Lipinski definition) is 0. The van der Waals surface area contributed by atoms with Gasteiger partial charge in [0.2, 0.25) is 0 Å². The normalized spacial score (nSPS) is 19.7. The van der Waals surface area contributed by atoms with E-state index >= 15 is 0 Å². The lowest BCUT2D eigenvalue weighted by molar-refractivity contribution is 0.369. The minimum atomic E-state index is -0.178. The highest BCUT2D eigenvalue weighted by molar-refractivity contribution is 9.09. The van der Waals surface area contributed by atoms with E-state index in [1.165, 1.54) is 51.0 Å². The number of rotatable bonds is 3. The second kappa shape index (κ2) is 7.64. The van der Waals surface area contributed by atoms with Crippen LogP contribution in [0.2, 0.25) is 5.02 Å². The third kappa shape index (κ3) is 4.46. The predicted molar refractivity (Wildman–Crippen MR) is 83.6 cm³/mol. The predicted octanol–water partition coefficient (Wildman–Crippen LogP) is 6.15. The van der Waals surface area contributed by atoms with E-state index in [4.69, 9.17) is 11.6 Å². The van der Waals surface area contributed by atoms with E-state index in [1.54, 1.807) is 12.1 Å². The zero-order valence-electron chi connectivity index (χ0n) is 11.2. The van der Waals surface area contributed by atoms with Gasteiger partial charge < -0.3 is 0 Å². The topological polar surface area (TPSA) is 0 Å². The summed E-state index contributed by atoms with van der Waals surface area (Å²) in [7, 11) is 0. The Kier molecular flexibility index (Phi) is 6.15. The SMILES string of the molecule is Fc1cccc(Cl)c1CC(Br)C1CCCCCCC1. The smallest absolute Gasteiger partial charge is 0.127 e. The molecule has 0 heterocycles. The molecule has 1 atom stereocenters. The summed E-state index contributed by atoms with van der Waals surface area (Å²) in [4.78, 5) is 0.333. The summed E-state index contributed by atoms with van der Waals surface area (Å²) >= 11 is 9.89. The van der Waals surface area contributed by atoms with Crippen LogP contribution >= 0.6 is 27.5 Å². The molecule has 0 aromatic heterocycles. The Morgan fingerprint density at radius 3 is 2.42 bits per heavy atom. The zero-order valence-corrected chi connectivity index (χ0v) is 13.5. The van der Waals surface area contributed by atoms with Crippen LogP contribution < -0.4 is 0 Å². The van der Waals surface area contributed by atoms with Crippen molar-refractivity contribution in [1.82, 2.24) is 0 Å². The molecule has 1 aliphatic carbocycles. The minimum absolute atomic E-state index is 0.178. The maximum atomic E-state index is 13.8. The lowest BCUT2D eigenvalue weighted by Gasteiger charge is -2.25. The summed E-state index contributed by atoms with van der Waals surface area (Å²) in [5, 5.41) is 0.551. The second-order valence-electron chi connectivity index (χ2n) is 5.53. The fraction of sp³-hybridized carbons (Fsp3) is 0.625. The summed E-state index contributed by atoms with van der Waals surface area (Å²) in [6.07, 6.45) is 9.86. The number of alkyl halides is 1. The highest BCUT2D eigenvalue weighted by atomic mass is 79.9. The van der Waals surface area contributed by atoms with E-state index < -0.39 is 0 Å². The lowest BCUT2D eigenvalue weighted by atomic mass is 9.87. The molecule has 1 aromatic carbocycles. The average molecular weight is 348 g/mol. The van der Waals surface area contributed by atoms with E-state index in [9.17, 15) is 4.39 Å². The Morgan fingerprint density at radius 2 is 1.79 bits per heavy atom. The van der Waals surface area contributed by atoms with Gasteiger partial charge in [-0.3, -0.25) is 0 Å². The number of halogens is 3. The molecule has 1 aliphatic rings. The average Bonchev–Trinajstić information content (AvgIpc) is 2.33. The Bertz CT molecular complexity index is 379. The van der Waals surface area contributed by atoms with Crippen molar-refractivity contribution in [2.24, 2.45) is 5.92 Å². The Labute approximate surface area is 128 Å². The first-order chi connectivity index (χ1) is 9.18. The van der Waals surface area contributed by atoms with Gasteiger partial charge in [-0.05, 0) is 37.3 Å². The molecule has 0 spiro atoms. The van der Waals surface area contributed by atoms with Crippen LogP contribution in [0.3, 0.4) is 0 Å². The van der Waals surface area contributed by atoms with Crippen molar-refractivity contribution >= 4 is 27.5 Å². The van der Waals surface area contributed by atoms with Crippen molar-refractivity contribution in [2.75, 3.05) is 0 Å². The van der Waals surface area contributed by atoms with Crippen LogP contribution in [-0.4, -0.2) is 4.83 Å². The van der Waals surface area contributed by atoms with Crippen LogP contribution in [0.5, 0.6) is 0 Å². The van der Waals surface area contributed by atoms with Crippen molar-refractivity contribution in [3.63, 3.8) is 0 Å². The van der Waals surface area contributed by atoms with Crippen molar-refractivity contribution in [1.29, 1.82) is 0 Å². The molecule has 1 saturated carbocycles. The molecular formula is C16H21BrClF. The first-order valence-electron chi connectivity index (χ1n) is 7.25. The monoisotopic (exact) mass is 346 g/mol. The van der Waals surface area contributed by atoms with Gasteiger partial charge in [-0.25, -0.2) is 4.39 Å². The maximum absolute atomic E-state index is 13.8. The molecule has 0 amide bonds. The largest absolute Gasteiger partial charge is 0.207 e. The van der Waals surface area contributed by atoms with Gasteiger partial charge in [0.15, 0.2) is 0 Å². The van der Waals surface area contributed by atoms with E-state index in [2.05, 4.69) is 15.9 Å². The van der Waals surface area contributed by atoms with Gasteiger partial charge in [-0.15, -0.1) is 0 Å². The summed E-state index contributed by atoms with van der Waals surface area (Å²) in [5.74, 6) is 0.471. The molecule has 1 unspecified atom stereocenters. The van der Waals surface area contributed by atoms with Gasteiger partial charge in [0, 0.05) is 15.4 Å². The molecule has 3 heteroatoms. The van der Waals surface area contributed by atoms with Crippen LogP contribution in [0.4, 0.5) is 4.39 Å². The van der Waals surface area contributed by atoms with E-state index in [0.717, 1.165) is 0 Å². The third-order valence-corrected chi connectivity index (χ3v) is 5.55. The number of hydrogen-bond acceptors (Lipinski definition) is 0. The fourth-order valence-electron chi connectivity index (χ4n) is 2.94. The third-order valence-electron chi connectivity index (χ3n) is 4.12. The van der Waals surface area contributed by atoms with E-state index in [1.807, 2.05) is 0 Å². The Hall–Kier alpha value is -0.0800. The molecule has 19 heavy (non-hydrogen) atoms. The first-order valence-corrected chi connectivity index (χ1v) is 8.55. The van der Waals surface area contributed by atoms with E-state index in [-0.39, 0.29) is 5.82 Å². The summed E-state index contributed by atoms with van der Waals surface area (Å²) in [6, 6.07) is 4.94. The van der Waals surface area contributed by atoms with Crippen LogP contribution in [0, 0.1) is 11.7 Å². The Balaban J connectivity index is 2.00. The van der Waals surface area contributed by atoms with Crippen molar-refractivity contribution in [3.05, 3.63) is 34.6 Å². The fourth-order valence-corrected chi connectivity index (χ4v) is 4.03. The summed E-state index contributed by atoms with van der Waals surface area (Å²) in [6.45, 7) is 0. The summed E-state index contributed by atoms with van der Waals surface area (Å²) in [5.41, 5.74) is 0.660. The second-order valence-corrected chi connectivity index (χ2v) is 7.11. The quantitative estimate of drug-likeness (QED) is 0.576. The Morgan fingerprint density at radius 1 is 1.16 bits per heavy atom. The molecular weight excluding hydrogens is 327 g/mol. The van der Waals surface area contributed by atoms with Gasteiger partial charge in [0.1, 0.15) is 5.82 Å². The van der Waals surface area contributed by atoms with Crippen LogP contribution in [0.1, 0.15) is 50.5 Å². The van der Waals surface area contributed by atoms with Crippen LogP contribution in [0.15, 0.2) is 18.2 Å². The van der Waals surface area contributed by atoms with Crippen molar-refractivity contribution in [3.8, 4) is 0 Å². The minimum Gasteiger partial charge on any atom is -0.207 e. The van der Waals surface area contributed by atoms with Gasteiger partial charge in [-0.1, -0.05) is 65.7 Å². The molecule has 0 saturated heterocycles. The molecule has 0 bridgehead atoms. The van der Waals surface area contributed by atoms with Crippen molar-refractivity contribution in [2.45, 2.75) is 56.2 Å². The van der Waals surface area contributed by atoms with Crippen LogP contribution in [-0.2, 0) is 6.42 Å². The first kappa shape index (κ1) is 15.3. The number of benzene rings is 1.